The molecule has 3 aromatic rings. The second-order valence-corrected chi connectivity index (χ2v) is 5.78. The van der Waals surface area contributed by atoms with Crippen LogP contribution in [0.25, 0.3) is 4.96 Å². The number of nitrogens with zero attached hydrogens (tertiary/aromatic N) is 4. The van der Waals surface area contributed by atoms with Crippen molar-refractivity contribution in [2.45, 2.75) is 6.92 Å². The lowest BCUT2D eigenvalue weighted by atomic mass is 10.2. The number of carbonyl (C=O) groups excluding carboxylic acids is 2. The number of aromatic nitrogens is 4. The van der Waals surface area contributed by atoms with Gasteiger partial charge in [0.15, 0.2) is 10.7 Å². The van der Waals surface area contributed by atoms with Crippen LogP contribution in [-0.4, -0.2) is 38.2 Å². The SMILES string of the molecule is COC(=O)c1nn(C)c(C)c1NC(=O)c1cnc2sccn2c1=O. The molecule has 0 saturated heterocycles. The zero-order chi connectivity index (χ0) is 17.4. The highest BCUT2D eigenvalue weighted by Crippen LogP contribution is 2.21. The molecule has 0 aliphatic heterocycles. The first-order valence-electron chi connectivity index (χ1n) is 6.82. The predicted molar refractivity (Wildman–Crippen MR) is 86.6 cm³/mol. The van der Waals surface area contributed by atoms with Crippen molar-refractivity contribution in [3.8, 4) is 0 Å². The van der Waals surface area contributed by atoms with Crippen molar-refractivity contribution in [3.63, 3.8) is 0 Å². The number of esters is 1. The zero-order valence-corrected chi connectivity index (χ0v) is 13.9. The van der Waals surface area contributed by atoms with E-state index in [4.69, 9.17) is 0 Å². The lowest BCUT2D eigenvalue weighted by molar-refractivity contribution is 0.0594. The van der Waals surface area contributed by atoms with Crippen LogP contribution in [0.4, 0.5) is 5.69 Å². The van der Waals surface area contributed by atoms with Crippen LogP contribution < -0.4 is 10.9 Å². The van der Waals surface area contributed by atoms with E-state index in [1.807, 2.05) is 0 Å². The molecule has 0 aliphatic carbocycles. The van der Waals surface area contributed by atoms with Crippen molar-refractivity contribution in [1.29, 1.82) is 0 Å². The Hall–Kier alpha value is -3.01. The number of aryl methyl sites for hydroxylation is 1. The summed E-state index contributed by atoms with van der Waals surface area (Å²) in [7, 11) is 2.85. The van der Waals surface area contributed by atoms with E-state index >= 15 is 0 Å². The maximum Gasteiger partial charge on any atom is 0.360 e. The number of anilines is 1. The summed E-state index contributed by atoms with van der Waals surface area (Å²) in [4.78, 5) is 41.2. The van der Waals surface area contributed by atoms with Crippen molar-refractivity contribution < 1.29 is 14.3 Å². The number of fused-ring (bicyclic) bond motifs is 1. The molecule has 0 fully saturated rings. The normalized spacial score (nSPS) is 10.8. The number of thiazole rings is 1. The summed E-state index contributed by atoms with van der Waals surface area (Å²) in [6.07, 6.45) is 2.76. The number of methoxy groups -OCH3 is 1. The molecule has 0 aromatic carbocycles. The van der Waals surface area contributed by atoms with E-state index in [0.717, 1.165) is 0 Å². The molecule has 0 saturated carbocycles. The van der Waals surface area contributed by atoms with Crippen LogP contribution in [-0.2, 0) is 11.8 Å². The van der Waals surface area contributed by atoms with Crippen molar-refractivity contribution in [2.75, 3.05) is 12.4 Å². The van der Waals surface area contributed by atoms with E-state index in [9.17, 15) is 14.4 Å². The molecule has 0 atom stereocenters. The van der Waals surface area contributed by atoms with Crippen molar-refractivity contribution in [3.05, 3.63) is 45.1 Å². The van der Waals surface area contributed by atoms with Gasteiger partial charge >= 0.3 is 5.97 Å². The molecular weight excluding hydrogens is 334 g/mol. The molecule has 24 heavy (non-hydrogen) atoms. The van der Waals surface area contributed by atoms with Gasteiger partial charge in [0, 0.05) is 24.8 Å². The van der Waals surface area contributed by atoms with Gasteiger partial charge in [-0.25, -0.2) is 9.78 Å². The van der Waals surface area contributed by atoms with Crippen LogP contribution in [0, 0.1) is 6.92 Å². The third kappa shape index (κ3) is 2.46. The van der Waals surface area contributed by atoms with Crippen LogP contribution in [0.2, 0.25) is 0 Å². The number of amides is 1. The van der Waals surface area contributed by atoms with Gasteiger partial charge in [0.1, 0.15) is 5.56 Å². The fourth-order valence-corrected chi connectivity index (χ4v) is 2.83. The highest BCUT2D eigenvalue weighted by Gasteiger charge is 2.23. The summed E-state index contributed by atoms with van der Waals surface area (Å²) in [6.45, 7) is 1.68. The largest absolute Gasteiger partial charge is 0.464 e. The minimum absolute atomic E-state index is 0.0319. The van der Waals surface area contributed by atoms with Crippen LogP contribution in [0.3, 0.4) is 0 Å². The van der Waals surface area contributed by atoms with Gasteiger partial charge in [-0.3, -0.25) is 18.7 Å². The molecule has 0 aliphatic rings. The summed E-state index contributed by atoms with van der Waals surface area (Å²) >= 11 is 1.29. The van der Waals surface area contributed by atoms with Crippen LogP contribution >= 0.6 is 11.3 Å². The molecule has 124 valence electrons. The van der Waals surface area contributed by atoms with E-state index in [0.29, 0.717) is 10.7 Å². The van der Waals surface area contributed by atoms with Gasteiger partial charge in [0.25, 0.3) is 11.5 Å². The number of rotatable bonds is 3. The Balaban J connectivity index is 2.02. The smallest absolute Gasteiger partial charge is 0.360 e. The molecule has 1 amide bonds. The van der Waals surface area contributed by atoms with E-state index in [-0.39, 0.29) is 16.9 Å². The minimum Gasteiger partial charge on any atom is -0.464 e. The second-order valence-electron chi connectivity index (χ2n) is 4.91. The molecule has 0 radical (unpaired) electrons. The fraction of sp³-hybridized carbons (Fsp3) is 0.214. The van der Waals surface area contributed by atoms with E-state index in [1.54, 1.807) is 25.5 Å². The summed E-state index contributed by atoms with van der Waals surface area (Å²) in [5.41, 5.74) is 0.0954. The summed E-state index contributed by atoms with van der Waals surface area (Å²) in [6, 6.07) is 0. The topological polar surface area (TPSA) is 108 Å². The van der Waals surface area contributed by atoms with E-state index in [1.165, 1.54) is 33.7 Å². The second kappa shape index (κ2) is 5.89. The monoisotopic (exact) mass is 347 g/mol. The van der Waals surface area contributed by atoms with Gasteiger partial charge in [-0.1, -0.05) is 0 Å². The maximum absolute atomic E-state index is 12.5. The minimum atomic E-state index is -0.683. The Labute approximate surface area is 139 Å². The molecule has 0 unspecified atom stereocenters. The van der Waals surface area contributed by atoms with Gasteiger partial charge in [0.2, 0.25) is 0 Å². The zero-order valence-electron chi connectivity index (χ0n) is 13.1. The molecule has 3 rings (SSSR count). The average Bonchev–Trinajstić information content (AvgIpc) is 3.15. The van der Waals surface area contributed by atoms with Crippen molar-refractivity contribution >= 4 is 33.9 Å². The van der Waals surface area contributed by atoms with Crippen molar-refractivity contribution in [2.24, 2.45) is 7.05 Å². The van der Waals surface area contributed by atoms with Crippen LogP contribution in [0.5, 0.6) is 0 Å². The molecular formula is C14H13N5O4S. The number of ether oxygens (including phenoxy) is 1. The Morgan fingerprint density at radius 3 is 2.83 bits per heavy atom. The number of nitrogens with one attached hydrogen (secondary N) is 1. The highest BCUT2D eigenvalue weighted by molar-refractivity contribution is 7.15. The third-order valence-electron chi connectivity index (χ3n) is 3.54. The first kappa shape index (κ1) is 15.9. The Bertz CT molecular complexity index is 1020. The summed E-state index contributed by atoms with van der Waals surface area (Å²) in [5.74, 6) is -1.36. The summed E-state index contributed by atoms with van der Waals surface area (Å²) in [5, 5.41) is 8.28. The van der Waals surface area contributed by atoms with Crippen LogP contribution in [0.1, 0.15) is 26.5 Å². The Morgan fingerprint density at radius 1 is 1.38 bits per heavy atom. The van der Waals surface area contributed by atoms with Gasteiger partial charge in [0.05, 0.1) is 18.5 Å². The lowest BCUT2D eigenvalue weighted by Crippen LogP contribution is -2.26. The van der Waals surface area contributed by atoms with Gasteiger partial charge in [-0.15, -0.1) is 11.3 Å². The average molecular weight is 347 g/mol. The lowest BCUT2D eigenvalue weighted by Gasteiger charge is -2.06. The molecule has 9 nitrogen and oxygen atoms in total. The van der Waals surface area contributed by atoms with Gasteiger partial charge < -0.3 is 10.1 Å². The number of hydrogen-bond donors (Lipinski definition) is 1. The first-order chi connectivity index (χ1) is 11.4. The Kier molecular flexibility index (Phi) is 3.89. The van der Waals surface area contributed by atoms with Crippen LogP contribution in [0.15, 0.2) is 22.6 Å². The number of carbonyl (C=O) groups is 2. The fourth-order valence-electron chi connectivity index (χ4n) is 2.16. The first-order valence-corrected chi connectivity index (χ1v) is 7.70. The predicted octanol–water partition coefficient (Wildman–Crippen LogP) is 0.837. The molecule has 1 N–H and O–H groups in total. The molecule has 0 bridgehead atoms. The third-order valence-corrected chi connectivity index (χ3v) is 4.31. The number of hydrogen-bond acceptors (Lipinski definition) is 7. The standard InChI is InChI=1S/C14H13N5O4S/c1-7-9(10(13(22)23-3)17-18(7)2)16-11(20)8-6-15-14-19(12(8)21)4-5-24-14/h4-6H,1-3H3,(H,16,20). The maximum atomic E-state index is 12.5. The molecule has 3 heterocycles. The highest BCUT2D eigenvalue weighted by atomic mass is 32.1. The quantitative estimate of drug-likeness (QED) is 0.703. The van der Waals surface area contributed by atoms with E-state index in [2.05, 4.69) is 20.1 Å². The van der Waals surface area contributed by atoms with Crippen molar-refractivity contribution in [1.82, 2.24) is 19.2 Å². The van der Waals surface area contributed by atoms with Gasteiger partial charge in [-0.05, 0) is 6.92 Å². The summed E-state index contributed by atoms with van der Waals surface area (Å²) < 4.78 is 7.39. The molecule has 3 aromatic heterocycles. The molecule has 0 spiro atoms. The Morgan fingerprint density at radius 2 is 2.12 bits per heavy atom. The van der Waals surface area contributed by atoms with E-state index < -0.39 is 17.4 Å². The van der Waals surface area contributed by atoms with Gasteiger partial charge in [-0.2, -0.15) is 5.10 Å². The molecule has 10 heteroatoms.